The zero-order valence-electron chi connectivity index (χ0n) is 12.2. The normalized spacial score (nSPS) is 12.6. The zero-order chi connectivity index (χ0) is 13.8. The van der Waals surface area contributed by atoms with Crippen LogP contribution in [0.25, 0.3) is 0 Å². The summed E-state index contributed by atoms with van der Waals surface area (Å²) < 4.78 is 5.28. The lowest BCUT2D eigenvalue weighted by atomic mass is 9.83. The molecule has 0 amide bonds. The Balaban J connectivity index is 2.79. The maximum Gasteiger partial charge on any atom is 0.119 e. The van der Waals surface area contributed by atoms with Crippen LogP contribution >= 0.6 is 0 Å². The Morgan fingerprint density at radius 1 is 1.22 bits per heavy atom. The van der Waals surface area contributed by atoms with E-state index in [4.69, 9.17) is 10.5 Å². The zero-order valence-corrected chi connectivity index (χ0v) is 12.2. The largest absolute Gasteiger partial charge is 0.497 e. The molecule has 1 aromatic carbocycles. The van der Waals surface area contributed by atoms with Crippen LogP contribution in [0.1, 0.15) is 33.3 Å². The molecule has 1 rings (SSSR count). The maximum absolute atomic E-state index is 5.74. The number of hydrogen-bond donors (Lipinski definition) is 2. The van der Waals surface area contributed by atoms with E-state index in [1.54, 1.807) is 7.11 Å². The Labute approximate surface area is 111 Å². The van der Waals surface area contributed by atoms with Crippen molar-refractivity contribution in [1.29, 1.82) is 0 Å². The van der Waals surface area contributed by atoms with Crippen LogP contribution in [0.15, 0.2) is 24.3 Å². The van der Waals surface area contributed by atoms with Gasteiger partial charge in [-0.25, -0.2) is 0 Å². The van der Waals surface area contributed by atoms with Gasteiger partial charge in [0, 0.05) is 24.0 Å². The van der Waals surface area contributed by atoms with Crippen LogP contribution in [0.3, 0.4) is 0 Å². The molecule has 0 aliphatic rings. The number of hydrogen-bond acceptors (Lipinski definition) is 3. The molecule has 0 heterocycles. The number of benzene rings is 1. The van der Waals surface area contributed by atoms with Gasteiger partial charge in [0.1, 0.15) is 5.75 Å². The minimum atomic E-state index is -0.0316. The predicted molar refractivity (Wildman–Crippen MR) is 77.2 cm³/mol. The molecule has 0 atom stereocenters. The van der Waals surface area contributed by atoms with E-state index in [2.05, 4.69) is 45.1 Å². The molecule has 0 fully saturated rings. The van der Waals surface area contributed by atoms with Crippen LogP contribution in [-0.4, -0.2) is 25.7 Å². The summed E-state index contributed by atoms with van der Waals surface area (Å²) in [6.45, 7) is 10.2. The molecule has 3 nitrogen and oxygen atoms in total. The first-order chi connectivity index (χ1) is 8.30. The lowest BCUT2D eigenvalue weighted by molar-refractivity contribution is 0.345. The van der Waals surface area contributed by atoms with Gasteiger partial charge in [0.25, 0.3) is 0 Å². The second-order valence-electron chi connectivity index (χ2n) is 6.06. The molecule has 0 radical (unpaired) electrons. The standard InChI is InChI=1S/C15H26N2O/c1-14(2,11-17-15(3,4)10-16)12-7-6-8-13(9-12)18-5/h6-9,17H,10-11,16H2,1-5H3. The fraction of sp³-hybridized carbons (Fsp3) is 0.600. The Bertz CT molecular complexity index is 386. The summed E-state index contributed by atoms with van der Waals surface area (Å²) in [7, 11) is 1.70. The van der Waals surface area contributed by atoms with Gasteiger partial charge in [-0.1, -0.05) is 26.0 Å². The molecule has 102 valence electrons. The molecule has 0 aliphatic carbocycles. The average molecular weight is 250 g/mol. The molecule has 0 saturated heterocycles. The predicted octanol–water partition coefficient (Wildman–Crippen LogP) is 2.30. The topological polar surface area (TPSA) is 47.3 Å². The van der Waals surface area contributed by atoms with E-state index >= 15 is 0 Å². The van der Waals surface area contributed by atoms with Gasteiger partial charge >= 0.3 is 0 Å². The van der Waals surface area contributed by atoms with Gasteiger partial charge < -0.3 is 15.8 Å². The first kappa shape index (κ1) is 15.0. The second-order valence-corrected chi connectivity index (χ2v) is 6.06. The smallest absolute Gasteiger partial charge is 0.119 e. The molecule has 18 heavy (non-hydrogen) atoms. The minimum absolute atomic E-state index is 0.0316. The first-order valence-corrected chi connectivity index (χ1v) is 6.40. The van der Waals surface area contributed by atoms with Crippen LogP contribution in [-0.2, 0) is 5.41 Å². The van der Waals surface area contributed by atoms with Gasteiger partial charge in [0.05, 0.1) is 7.11 Å². The maximum atomic E-state index is 5.74. The van der Waals surface area contributed by atoms with Gasteiger partial charge in [-0.3, -0.25) is 0 Å². The fourth-order valence-corrected chi connectivity index (χ4v) is 1.68. The van der Waals surface area contributed by atoms with Crippen LogP contribution in [0, 0.1) is 0 Å². The third-order valence-corrected chi connectivity index (χ3v) is 3.37. The van der Waals surface area contributed by atoms with Gasteiger partial charge in [-0.15, -0.1) is 0 Å². The Kier molecular flexibility index (Phi) is 4.77. The monoisotopic (exact) mass is 250 g/mol. The highest BCUT2D eigenvalue weighted by molar-refractivity contribution is 5.33. The Morgan fingerprint density at radius 2 is 1.89 bits per heavy atom. The molecule has 3 N–H and O–H groups in total. The molecule has 1 aromatic rings. The molecular weight excluding hydrogens is 224 g/mol. The third-order valence-electron chi connectivity index (χ3n) is 3.37. The summed E-state index contributed by atoms with van der Waals surface area (Å²) >= 11 is 0. The molecule has 0 aliphatic heterocycles. The van der Waals surface area contributed by atoms with Crippen molar-refractivity contribution in [1.82, 2.24) is 5.32 Å². The van der Waals surface area contributed by atoms with Gasteiger partial charge in [0.15, 0.2) is 0 Å². The minimum Gasteiger partial charge on any atom is -0.497 e. The molecular formula is C15H26N2O. The van der Waals surface area contributed by atoms with Crippen molar-refractivity contribution >= 4 is 0 Å². The summed E-state index contributed by atoms with van der Waals surface area (Å²) in [6, 6.07) is 8.23. The number of ether oxygens (including phenoxy) is 1. The van der Waals surface area contributed by atoms with Gasteiger partial charge in [-0.05, 0) is 31.5 Å². The van der Waals surface area contributed by atoms with Crippen molar-refractivity contribution < 1.29 is 4.74 Å². The van der Waals surface area contributed by atoms with E-state index < -0.39 is 0 Å². The number of rotatable bonds is 6. The van der Waals surface area contributed by atoms with Crippen molar-refractivity contribution in [3.63, 3.8) is 0 Å². The van der Waals surface area contributed by atoms with E-state index in [-0.39, 0.29) is 11.0 Å². The van der Waals surface area contributed by atoms with E-state index in [0.29, 0.717) is 6.54 Å². The van der Waals surface area contributed by atoms with Crippen molar-refractivity contribution in [2.24, 2.45) is 5.73 Å². The van der Waals surface area contributed by atoms with Crippen LogP contribution in [0.5, 0.6) is 5.75 Å². The summed E-state index contributed by atoms with van der Waals surface area (Å²) in [5.74, 6) is 0.902. The van der Waals surface area contributed by atoms with E-state index in [1.165, 1.54) is 5.56 Å². The Hall–Kier alpha value is -1.06. The summed E-state index contributed by atoms with van der Waals surface area (Å²) in [5.41, 5.74) is 7.01. The number of methoxy groups -OCH3 is 1. The van der Waals surface area contributed by atoms with Gasteiger partial charge in [0.2, 0.25) is 0 Å². The summed E-state index contributed by atoms with van der Waals surface area (Å²) in [6.07, 6.45) is 0. The van der Waals surface area contributed by atoms with Crippen LogP contribution in [0.2, 0.25) is 0 Å². The first-order valence-electron chi connectivity index (χ1n) is 6.40. The van der Waals surface area contributed by atoms with Crippen molar-refractivity contribution in [2.75, 3.05) is 20.2 Å². The molecule has 0 bridgehead atoms. The Morgan fingerprint density at radius 3 is 2.44 bits per heavy atom. The SMILES string of the molecule is COc1cccc(C(C)(C)CNC(C)(C)CN)c1. The average Bonchev–Trinajstić information content (AvgIpc) is 2.37. The molecule has 0 saturated carbocycles. The highest BCUT2D eigenvalue weighted by Gasteiger charge is 2.24. The second kappa shape index (κ2) is 5.72. The fourth-order valence-electron chi connectivity index (χ4n) is 1.68. The molecule has 3 heteroatoms. The summed E-state index contributed by atoms with van der Waals surface area (Å²) in [4.78, 5) is 0. The van der Waals surface area contributed by atoms with Crippen molar-refractivity contribution in [3.05, 3.63) is 29.8 Å². The number of nitrogens with one attached hydrogen (secondary N) is 1. The quantitative estimate of drug-likeness (QED) is 0.814. The van der Waals surface area contributed by atoms with Crippen molar-refractivity contribution in [2.45, 2.75) is 38.6 Å². The molecule has 0 spiro atoms. The highest BCUT2D eigenvalue weighted by Crippen LogP contribution is 2.26. The summed E-state index contributed by atoms with van der Waals surface area (Å²) in [5, 5.41) is 3.52. The third kappa shape index (κ3) is 4.00. The van der Waals surface area contributed by atoms with E-state index in [0.717, 1.165) is 12.3 Å². The van der Waals surface area contributed by atoms with E-state index in [9.17, 15) is 0 Å². The van der Waals surface area contributed by atoms with Crippen molar-refractivity contribution in [3.8, 4) is 5.75 Å². The van der Waals surface area contributed by atoms with Gasteiger partial charge in [-0.2, -0.15) is 0 Å². The number of nitrogens with two attached hydrogens (primary N) is 1. The van der Waals surface area contributed by atoms with E-state index in [1.807, 2.05) is 12.1 Å². The molecule has 0 aromatic heterocycles. The highest BCUT2D eigenvalue weighted by atomic mass is 16.5. The van der Waals surface area contributed by atoms with Crippen LogP contribution < -0.4 is 15.8 Å². The molecule has 0 unspecified atom stereocenters. The lowest BCUT2D eigenvalue weighted by Gasteiger charge is -2.32. The van der Waals surface area contributed by atoms with Crippen LogP contribution in [0.4, 0.5) is 0 Å². The lowest BCUT2D eigenvalue weighted by Crippen LogP contribution is -2.50.